The molecule has 0 aliphatic carbocycles. The highest BCUT2D eigenvalue weighted by atomic mass is 35.5. The van der Waals surface area contributed by atoms with Gasteiger partial charge in [-0.25, -0.2) is 0 Å². The minimum atomic E-state index is -0.374. The van der Waals surface area contributed by atoms with Crippen molar-refractivity contribution in [2.45, 2.75) is 20.8 Å². The van der Waals surface area contributed by atoms with Crippen LogP contribution < -0.4 is 4.74 Å². The highest BCUT2D eigenvalue weighted by Gasteiger charge is 2.21. The first-order valence-corrected chi connectivity index (χ1v) is 5.19. The number of hydrogen-bond donors (Lipinski definition) is 0. The molecule has 0 spiro atoms. The number of carbonyl (C=O) groups excluding carboxylic acids is 1. The first kappa shape index (κ1) is 12.1. The molecule has 0 saturated carbocycles. The third-order valence-corrected chi connectivity index (χ3v) is 2.34. The van der Waals surface area contributed by atoms with Gasteiger partial charge in [0, 0.05) is 5.41 Å². The van der Waals surface area contributed by atoms with Gasteiger partial charge in [-0.2, -0.15) is 0 Å². The molecule has 0 N–H and O–H groups in total. The zero-order valence-electron chi connectivity index (χ0n) is 9.21. The van der Waals surface area contributed by atoms with E-state index in [1.165, 1.54) is 0 Å². The number of carbonyl (C=O) groups is 1. The fraction of sp³-hybridized carbons (Fsp3) is 0.417. The molecule has 0 saturated heterocycles. The van der Waals surface area contributed by atoms with Crippen LogP contribution in [0.5, 0.6) is 5.75 Å². The van der Waals surface area contributed by atoms with E-state index in [0.717, 1.165) is 0 Å². The second-order valence-corrected chi connectivity index (χ2v) is 4.80. The second-order valence-electron chi connectivity index (χ2n) is 4.39. The lowest BCUT2D eigenvalue weighted by Crippen LogP contribution is -2.26. The quantitative estimate of drug-likeness (QED) is 0.790. The van der Waals surface area contributed by atoms with E-state index in [1.807, 2.05) is 32.9 Å². The molecule has 82 valence electrons. The van der Waals surface area contributed by atoms with Crippen LogP contribution in [0.25, 0.3) is 0 Å². The van der Waals surface area contributed by atoms with Gasteiger partial charge in [0.05, 0.1) is 5.02 Å². The SMILES string of the molecule is CC(C)(C)C(=O)COc1ccccc1Cl. The van der Waals surface area contributed by atoms with Gasteiger partial charge in [0.15, 0.2) is 5.78 Å². The molecule has 3 heteroatoms. The summed E-state index contributed by atoms with van der Waals surface area (Å²) < 4.78 is 5.34. The first-order chi connectivity index (χ1) is 6.91. The Kier molecular flexibility index (Phi) is 3.75. The Morgan fingerprint density at radius 3 is 2.47 bits per heavy atom. The molecule has 0 aromatic heterocycles. The Labute approximate surface area is 95.2 Å². The normalized spacial score (nSPS) is 11.2. The summed E-state index contributed by atoms with van der Waals surface area (Å²) in [4.78, 5) is 11.6. The highest BCUT2D eigenvalue weighted by Crippen LogP contribution is 2.24. The van der Waals surface area contributed by atoms with Crippen molar-refractivity contribution in [3.8, 4) is 5.75 Å². The molecule has 0 unspecified atom stereocenters. The molecule has 0 radical (unpaired) electrons. The Hall–Kier alpha value is -1.02. The molecule has 15 heavy (non-hydrogen) atoms. The van der Waals surface area contributed by atoms with Crippen molar-refractivity contribution in [1.29, 1.82) is 0 Å². The lowest BCUT2D eigenvalue weighted by Gasteiger charge is -2.17. The third kappa shape index (κ3) is 3.56. The van der Waals surface area contributed by atoms with Crippen molar-refractivity contribution >= 4 is 17.4 Å². The molecule has 2 nitrogen and oxygen atoms in total. The molecule has 1 rings (SSSR count). The first-order valence-electron chi connectivity index (χ1n) is 4.82. The van der Waals surface area contributed by atoms with Gasteiger partial charge in [0.25, 0.3) is 0 Å². The van der Waals surface area contributed by atoms with Gasteiger partial charge < -0.3 is 4.74 Å². The van der Waals surface area contributed by atoms with Gasteiger partial charge in [-0.05, 0) is 12.1 Å². The molecule has 1 aromatic carbocycles. The predicted molar refractivity (Wildman–Crippen MR) is 61.4 cm³/mol. The molecule has 0 heterocycles. The van der Waals surface area contributed by atoms with E-state index < -0.39 is 0 Å². The predicted octanol–water partition coefficient (Wildman–Crippen LogP) is 3.33. The third-order valence-electron chi connectivity index (χ3n) is 2.03. The van der Waals surface area contributed by atoms with Crippen LogP contribution in [0.2, 0.25) is 5.02 Å². The van der Waals surface area contributed by atoms with Gasteiger partial charge in [-0.1, -0.05) is 44.5 Å². The number of ketones is 1. The summed E-state index contributed by atoms with van der Waals surface area (Å²) in [5.41, 5.74) is -0.374. The number of ether oxygens (including phenoxy) is 1. The van der Waals surface area contributed by atoms with Crippen molar-refractivity contribution in [2.24, 2.45) is 5.41 Å². The summed E-state index contributed by atoms with van der Waals surface area (Å²) in [6.07, 6.45) is 0. The maximum absolute atomic E-state index is 11.6. The van der Waals surface area contributed by atoms with Crippen LogP contribution in [-0.2, 0) is 4.79 Å². The number of benzene rings is 1. The Morgan fingerprint density at radius 1 is 1.33 bits per heavy atom. The number of Topliss-reactive ketones (excluding diaryl/α,β-unsaturated/α-hetero) is 1. The van der Waals surface area contributed by atoms with Crippen LogP contribution in [0.3, 0.4) is 0 Å². The Balaban J connectivity index is 2.59. The van der Waals surface area contributed by atoms with Crippen molar-refractivity contribution in [3.05, 3.63) is 29.3 Å². The number of para-hydroxylation sites is 1. The van der Waals surface area contributed by atoms with E-state index in [-0.39, 0.29) is 17.8 Å². The molecule has 0 bridgehead atoms. The van der Waals surface area contributed by atoms with Crippen LogP contribution >= 0.6 is 11.6 Å². The summed E-state index contributed by atoms with van der Waals surface area (Å²) in [6.45, 7) is 5.66. The number of halogens is 1. The minimum absolute atomic E-state index is 0.0578. The summed E-state index contributed by atoms with van der Waals surface area (Å²) in [7, 11) is 0. The van der Waals surface area contributed by atoms with E-state index in [1.54, 1.807) is 12.1 Å². The van der Waals surface area contributed by atoms with Crippen LogP contribution in [0.1, 0.15) is 20.8 Å². The average molecular weight is 227 g/mol. The molecule has 1 aromatic rings. The van der Waals surface area contributed by atoms with E-state index in [4.69, 9.17) is 16.3 Å². The van der Waals surface area contributed by atoms with Crippen molar-refractivity contribution in [2.75, 3.05) is 6.61 Å². The molecule has 0 atom stereocenters. The lowest BCUT2D eigenvalue weighted by atomic mass is 9.91. The van der Waals surface area contributed by atoms with E-state index in [0.29, 0.717) is 10.8 Å². The minimum Gasteiger partial charge on any atom is -0.484 e. The number of hydrogen-bond acceptors (Lipinski definition) is 2. The average Bonchev–Trinajstić information content (AvgIpc) is 2.14. The fourth-order valence-electron chi connectivity index (χ4n) is 0.922. The zero-order valence-corrected chi connectivity index (χ0v) is 9.97. The summed E-state index contributed by atoms with van der Waals surface area (Å²) in [6, 6.07) is 7.13. The van der Waals surface area contributed by atoms with Gasteiger partial charge in [-0.3, -0.25) is 4.79 Å². The summed E-state index contributed by atoms with van der Waals surface area (Å²) in [5, 5.41) is 0.527. The monoisotopic (exact) mass is 226 g/mol. The lowest BCUT2D eigenvalue weighted by molar-refractivity contribution is -0.128. The summed E-state index contributed by atoms with van der Waals surface area (Å²) in [5.74, 6) is 0.610. The maximum atomic E-state index is 11.6. The zero-order chi connectivity index (χ0) is 11.5. The highest BCUT2D eigenvalue weighted by molar-refractivity contribution is 6.32. The van der Waals surface area contributed by atoms with Crippen LogP contribution in [0.15, 0.2) is 24.3 Å². The van der Waals surface area contributed by atoms with E-state index in [2.05, 4.69) is 0 Å². The molecule has 0 fully saturated rings. The van der Waals surface area contributed by atoms with Gasteiger partial charge in [0.2, 0.25) is 0 Å². The molecule has 0 aliphatic heterocycles. The van der Waals surface area contributed by atoms with E-state index in [9.17, 15) is 4.79 Å². The van der Waals surface area contributed by atoms with Crippen LogP contribution in [-0.4, -0.2) is 12.4 Å². The van der Waals surface area contributed by atoms with Crippen molar-refractivity contribution < 1.29 is 9.53 Å². The van der Waals surface area contributed by atoms with Gasteiger partial charge in [0.1, 0.15) is 12.4 Å². The van der Waals surface area contributed by atoms with Crippen LogP contribution in [0, 0.1) is 5.41 Å². The number of rotatable bonds is 3. The smallest absolute Gasteiger partial charge is 0.175 e. The molecular weight excluding hydrogens is 212 g/mol. The van der Waals surface area contributed by atoms with Crippen molar-refractivity contribution in [3.63, 3.8) is 0 Å². The summed E-state index contributed by atoms with van der Waals surface area (Å²) >= 11 is 5.89. The fourth-order valence-corrected chi connectivity index (χ4v) is 1.11. The second kappa shape index (κ2) is 4.67. The molecular formula is C12H15ClO2. The van der Waals surface area contributed by atoms with E-state index >= 15 is 0 Å². The standard InChI is InChI=1S/C12H15ClO2/c1-12(2,3)11(14)8-15-10-7-5-4-6-9(10)13/h4-7H,8H2,1-3H3. The Bertz CT molecular complexity index is 353. The maximum Gasteiger partial charge on any atom is 0.175 e. The van der Waals surface area contributed by atoms with Crippen molar-refractivity contribution in [1.82, 2.24) is 0 Å². The topological polar surface area (TPSA) is 26.3 Å². The molecule has 0 aliphatic rings. The Morgan fingerprint density at radius 2 is 1.93 bits per heavy atom. The van der Waals surface area contributed by atoms with Gasteiger partial charge in [-0.15, -0.1) is 0 Å². The molecule has 0 amide bonds. The van der Waals surface area contributed by atoms with Crippen LogP contribution in [0.4, 0.5) is 0 Å². The van der Waals surface area contributed by atoms with Gasteiger partial charge >= 0.3 is 0 Å². The largest absolute Gasteiger partial charge is 0.484 e.